The van der Waals surface area contributed by atoms with Crippen LogP contribution in [0.25, 0.3) is 0 Å². The van der Waals surface area contributed by atoms with Crippen LogP contribution in [0.2, 0.25) is 0 Å². The van der Waals surface area contributed by atoms with Crippen molar-refractivity contribution < 1.29 is 9.53 Å². The molecule has 120 valence electrons. The summed E-state index contributed by atoms with van der Waals surface area (Å²) in [6.45, 7) is 7.70. The lowest BCUT2D eigenvalue weighted by atomic mass is 9.77. The summed E-state index contributed by atoms with van der Waals surface area (Å²) < 4.78 is 5.28. The van der Waals surface area contributed by atoms with Crippen LogP contribution >= 0.6 is 0 Å². The van der Waals surface area contributed by atoms with Crippen LogP contribution in [0.15, 0.2) is 23.5 Å². The Morgan fingerprint density at radius 3 is 2.77 bits per heavy atom. The van der Waals surface area contributed by atoms with E-state index in [1.54, 1.807) is 12.4 Å². The molecule has 1 aliphatic rings. The number of nitrogens with zero attached hydrogens (tertiary/aromatic N) is 2. The highest BCUT2D eigenvalue weighted by atomic mass is 16.6. The van der Waals surface area contributed by atoms with E-state index in [2.05, 4.69) is 16.9 Å². The van der Waals surface area contributed by atoms with Gasteiger partial charge in [0.25, 0.3) is 0 Å². The minimum absolute atomic E-state index is 0.285. The van der Waals surface area contributed by atoms with Crippen LogP contribution in [0.3, 0.4) is 0 Å². The van der Waals surface area contributed by atoms with Crippen LogP contribution in [0.4, 0.5) is 10.5 Å². The van der Waals surface area contributed by atoms with Crippen LogP contribution in [0, 0.1) is 5.92 Å². The molecule has 1 saturated carbocycles. The van der Waals surface area contributed by atoms with Gasteiger partial charge in [0.1, 0.15) is 5.60 Å². The first kappa shape index (κ1) is 16.5. The number of aliphatic imine (C=N–C) groups is 1. The molecule has 0 spiro atoms. The van der Waals surface area contributed by atoms with Crippen LogP contribution in [0.5, 0.6) is 0 Å². The average Bonchev–Trinajstić information content (AvgIpc) is 2.35. The maximum absolute atomic E-state index is 11.9. The lowest BCUT2D eigenvalue weighted by Gasteiger charge is -2.29. The number of carbonyl (C=O) groups is 1. The topological polar surface area (TPSA) is 77.6 Å². The quantitative estimate of drug-likeness (QED) is 0.852. The summed E-state index contributed by atoms with van der Waals surface area (Å²) in [7, 11) is 0. The summed E-state index contributed by atoms with van der Waals surface area (Å²) in [4.78, 5) is 20.1. The first-order valence-corrected chi connectivity index (χ1v) is 7.73. The Kier molecular flexibility index (Phi) is 4.84. The van der Waals surface area contributed by atoms with Crippen LogP contribution < -0.4 is 5.73 Å². The number of amides is 1. The fourth-order valence-electron chi connectivity index (χ4n) is 2.95. The number of aromatic nitrogens is 1. The number of anilines is 1. The van der Waals surface area contributed by atoms with Gasteiger partial charge in [-0.15, -0.1) is 0 Å². The summed E-state index contributed by atoms with van der Waals surface area (Å²) in [5.41, 5.74) is 8.22. The third kappa shape index (κ3) is 4.55. The Balaban J connectivity index is 2.15. The molecular weight excluding hydrogens is 278 g/mol. The zero-order valence-corrected chi connectivity index (χ0v) is 13.8. The number of rotatable bonds is 1. The van der Waals surface area contributed by atoms with Crippen molar-refractivity contribution in [3.63, 3.8) is 0 Å². The largest absolute Gasteiger partial charge is 0.442 e. The van der Waals surface area contributed by atoms with Gasteiger partial charge in [0.2, 0.25) is 0 Å². The molecule has 2 atom stereocenters. The molecule has 0 unspecified atom stereocenters. The fraction of sp³-hybridized carbons (Fsp3) is 0.588. The molecule has 1 amide bonds. The van der Waals surface area contributed by atoms with Crippen molar-refractivity contribution in [1.29, 1.82) is 0 Å². The maximum atomic E-state index is 11.9. The van der Waals surface area contributed by atoms with Gasteiger partial charge < -0.3 is 10.5 Å². The molecule has 0 saturated heterocycles. The molecule has 2 N–H and O–H groups in total. The molecule has 5 heteroatoms. The Morgan fingerprint density at radius 2 is 2.14 bits per heavy atom. The SMILES string of the molecule is C[C@H]1CC(=NC(=O)OC(C)(C)C)C[C@@H](c2ccncc2N)C1. The molecule has 0 bridgehead atoms. The van der Waals surface area contributed by atoms with Crippen molar-refractivity contribution in [2.24, 2.45) is 10.9 Å². The highest BCUT2D eigenvalue weighted by Gasteiger charge is 2.27. The van der Waals surface area contributed by atoms with Crippen LogP contribution in [-0.2, 0) is 4.74 Å². The summed E-state index contributed by atoms with van der Waals surface area (Å²) in [6.07, 6.45) is 5.56. The number of nitrogens with two attached hydrogens (primary N) is 1. The lowest BCUT2D eigenvalue weighted by Crippen LogP contribution is -2.25. The van der Waals surface area contributed by atoms with E-state index in [4.69, 9.17) is 10.5 Å². The molecule has 22 heavy (non-hydrogen) atoms. The summed E-state index contributed by atoms with van der Waals surface area (Å²) >= 11 is 0. The van der Waals surface area contributed by atoms with Gasteiger partial charge in [0.05, 0.1) is 11.9 Å². The highest BCUT2D eigenvalue weighted by molar-refractivity contribution is 5.94. The first-order valence-electron chi connectivity index (χ1n) is 7.73. The predicted octanol–water partition coefficient (Wildman–Crippen LogP) is 3.94. The van der Waals surface area contributed by atoms with Crippen LogP contribution in [0.1, 0.15) is 58.4 Å². The van der Waals surface area contributed by atoms with Gasteiger partial charge in [-0.1, -0.05) is 6.92 Å². The average molecular weight is 303 g/mol. The Morgan fingerprint density at radius 1 is 1.41 bits per heavy atom. The summed E-state index contributed by atoms with van der Waals surface area (Å²) in [6, 6.07) is 1.96. The molecule has 1 aromatic rings. The van der Waals surface area contributed by atoms with E-state index in [-0.39, 0.29) is 5.92 Å². The second-order valence-electron chi connectivity index (χ2n) is 7.11. The normalized spacial score (nSPS) is 24.3. The number of pyridine rings is 1. The Labute approximate surface area is 132 Å². The zero-order chi connectivity index (χ0) is 16.3. The Hall–Kier alpha value is -1.91. The number of nitrogen functional groups attached to an aromatic ring is 1. The lowest BCUT2D eigenvalue weighted by molar-refractivity contribution is 0.0603. The molecule has 1 aromatic heterocycles. The molecule has 1 aliphatic carbocycles. The molecule has 0 aliphatic heterocycles. The van der Waals surface area contributed by atoms with E-state index in [0.717, 1.165) is 30.5 Å². The van der Waals surface area contributed by atoms with Crippen molar-refractivity contribution in [2.45, 2.75) is 58.5 Å². The van der Waals surface area contributed by atoms with E-state index in [0.29, 0.717) is 11.6 Å². The van der Waals surface area contributed by atoms with Gasteiger partial charge in [0.15, 0.2) is 0 Å². The smallest absolute Gasteiger partial charge is 0.434 e. The molecule has 0 radical (unpaired) electrons. The van der Waals surface area contributed by atoms with E-state index in [1.807, 2.05) is 26.8 Å². The van der Waals surface area contributed by atoms with Gasteiger partial charge >= 0.3 is 6.09 Å². The molecular formula is C17H25N3O2. The molecule has 5 nitrogen and oxygen atoms in total. The second-order valence-corrected chi connectivity index (χ2v) is 7.11. The van der Waals surface area contributed by atoms with Crippen molar-refractivity contribution in [2.75, 3.05) is 5.73 Å². The van der Waals surface area contributed by atoms with E-state index >= 15 is 0 Å². The predicted molar refractivity (Wildman–Crippen MR) is 88.1 cm³/mol. The minimum Gasteiger partial charge on any atom is -0.442 e. The van der Waals surface area contributed by atoms with Gasteiger partial charge in [-0.05, 0) is 63.5 Å². The number of hydrogen-bond donors (Lipinski definition) is 1. The van der Waals surface area contributed by atoms with Crippen molar-refractivity contribution in [3.8, 4) is 0 Å². The van der Waals surface area contributed by atoms with E-state index < -0.39 is 11.7 Å². The first-order chi connectivity index (χ1) is 10.2. The van der Waals surface area contributed by atoms with E-state index in [1.165, 1.54) is 0 Å². The zero-order valence-electron chi connectivity index (χ0n) is 13.8. The van der Waals surface area contributed by atoms with Crippen molar-refractivity contribution in [3.05, 3.63) is 24.0 Å². The number of ether oxygens (including phenoxy) is 1. The van der Waals surface area contributed by atoms with Gasteiger partial charge in [-0.25, -0.2) is 4.79 Å². The maximum Gasteiger partial charge on any atom is 0.434 e. The highest BCUT2D eigenvalue weighted by Crippen LogP contribution is 2.37. The van der Waals surface area contributed by atoms with Crippen LogP contribution in [-0.4, -0.2) is 22.4 Å². The van der Waals surface area contributed by atoms with E-state index in [9.17, 15) is 4.79 Å². The van der Waals surface area contributed by atoms with Gasteiger partial charge in [-0.3, -0.25) is 4.98 Å². The molecule has 2 rings (SSSR count). The number of hydrogen-bond acceptors (Lipinski definition) is 4. The van der Waals surface area contributed by atoms with Crippen molar-refractivity contribution >= 4 is 17.5 Å². The van der Waals surface area contributed by atoms with Crippen molar-refractivity contribution in [1.82, 2.24) is 4.98 Å². The Bertz CT molecular complexity index is 576. The third-order valence-corrected chi connectivity index (χ3v) is 3.72. The standard InChI is InChI=1S/C17H25N3O2/c1-11-7-12(14-5-6-19-10-15(14)18)9-13(8-11)20-16(21)22-17(2,3)4/h5-6,10-12H,7-9,18H2,1-4H3/t11-,12+/m1/s1. The molecule has 1 heterocycles. The fourth-order valence-corrected chi connectivity index (χ4v) is 2.95. The van der Waals surface area contributed by atoms with Gasteiger partial charge in [-0.2, -0.15) is 4.99 Å². The summed E-state index contributed by atoms with van der Waals surface area (Å²) in [5.74, 6) is 0.750. The second kappa shape index (κ2) is 6.46. The van der Waals surface area contributed by atoms with Gasteiger partial charge in [0, 0.05) is 11.9 Å². The monoisotopic (exact) mass is 303 g/mol. The minimum atomic E-state index is -0.518. The molecule has 0 aromatic carbocycles. The number of carbonyl (C=O) groups excluding carboxylic acids is 1. The molecule has 1 fully saturated rings. The summed E-state index contributed by atoms with van der Waals surface area (Å²) in [5, 5.41) is 0. The third-order valence-electron chi connectivity index (χ3n) is 3.72.